The summed E-state index contributed by atoms with van der Waals surface area (Å²) in [6.45, 7) is 1.93. The van der Waals surface area contributed by atoms with Gasteiger partial charge in [-0.05, 0) is 31.4 Å². The van der Waals surface area contributed by atoms with Crippen LogP contribution in [0, 0.1) is 6.92 Å². The fraction of sp³-hybridized carbons (Fsp3) is 0.333. The lowest BCUT2D eigenvalue weighted by Gasteiger charge is -2.11. The van der Waals surface area contributed by atoms with Crippen LogP contribution in [-0.4, -0.2) is 12.4 Å². The minimum atomic E-state index is -0.453. The number of aryl methyl sites for hydroxylation is 1. The summed E-state index contributed by atoms with van der Waals surface area (Å²) in [6.07, 6.45) is 4.07. The fourth-order valence-electron chi connectivity index (χ4n) is 1.85. The third-order valence-corrected chi connectivity index (χ3v) is 2.82. The molecule has 1 saturated carbocycles. The van der Waals surface area contributed by atoms with Crippen LogP contribution in [0.3, 0.4) is 0 Å². The van der Waals surface area contributed by atoms with E-state index in [1.807, 2.05) is 25.1 Å². The van der Waals surface area contributed by atoms with Crippen LogP contribution in [0.1, 0.15) is 34.3 Å². The lowest BCUT2D eigenvalue weighted by Crippen LogP contribution is -2.06. The molecule has 0 heterocycles. The molecule has 2 rings (SSSR count). The van der Waals surface area contributed by atoms with E-state index in [2.05, 4.69) is 4.99 Å². The standard InChI is InChI=1S/C12H11NO2/c1-9-2-3-11(10(6-9)7-14)12(4-5-12)13-8-15/h2-3,6-7H,4-5H2,1H3. The van der Waals surface area contributed by atoms with Gasteiger partial charge in [-0.1, -0.05) is 17.7 Å². The summed E-state index contributed by atoms with van der Waals surface area (Å²) in [4.78, 5) is 25.1. The number of benzene rings is 1. The molecule has 3 heteroatoms. The predicted octanol–water partition coefficient (Wildman–Crippen LogP) is 2.13. The molecule has 3 nitrogen and oxygen atoms in total. The maximum Gasteiger partial charge on any atom is 0.235 e. The first-order valence-electron chi connectivity index (χ1n) is 4.87. The normalized spacial score (nSPS) is 16.6. The van der Waals surface area contributed by atoms with Crippen LogP contribution in [0.2, 0.25) is 0 Å². The number of carbonyl (C=O) groups is 1. The summed E-state index contributed by atoms with van der Waals surface area (Å²) in [7, 11) is 0. The van der Waals surface area contributed by atoms with Crippen LogP contribution in [0.15, 0.2) is 23.2 Å². The first-order valence-corrected chi connectivity index (χ1v) is 4.87. The third kappa shape index (κ3) is 1.62. The van der Waals surface area contributed by atoms with E-state index in [9.17, 15) is 9.59 Å². The Balaban J connectivity index is 2.53. The van der Waals surface area contributed by atoms with Gasteiger partial charge in [0.25, 0.3) is 0 Å². The molecular formula is C12H11NO2. The van der Waals surface area contributed by atoms with Crippen molar-refractivity contribution in [3.8, 4) is 0 Å². The zero-order chi connectivity index (χ0) is 10.9. The van der Waals surface area contributed by atoms with Crippen molar-refractivity contribution in [2.45, 2.75) is 25.3 Å². The van der Waals surface area contributed by atoms with Gasteiger partial charge in [-0.3, -0.25) is 4.79 Å². The highest BCUT2D eigenvalue weighted by Crippen LogP contribution is 2.50. The Kier molecular flexibility index (Phi) is 2.25. The Bertz CT molecular complexity index is 455. The van der Waals surface area contributed by atoms with Crippen molar-refractivity contribution in [2.24, 2.45) is 4.99 Å². The zero-order valence-corrected chi connectivity index (χ0v) is 8.49. The van der Waals surface area contributed by atoms with Crippen molar-refractivity contribution >= 4 is 12.4 Å². The third-order valence-electron chi connectivity index (χ3n) is 2.82. The predicted molar refractivity (Wildman–Crippen MR) is 55.6 cm³/mol. The van der Waals surface area contributed by atoms with E-state index in [0.717, 1.165) is 30.3 Å². The first kappa shape index (κ1) is 9.81. The Hall–Kier alpha value is -1.73. The molecule has 1 aromatic carbocycles. The highest BCUT2D eigenvalue weighted by Gasteiger charge is 2.46. The fourth-order valence-corrected chi connectivity index (χ4v) is 1.85. The van der Waals surface area contributed by atoms with Crippen molar-refractivity contribution in [1.29, 1.82) is 0 Å². The van der Waals surface area contributed by atoms with Gasteiger partial charge in [-0.2, -0.15) is 4.99 Å². The Labute approximate surface area is 87.8 Å². The van der Waals surface area contributed by atoms with Crippen molar-refractivity contribution in [2.75, 3.05) is 0 Å². The number of hydrogen-bond donors (Lipinski definition) is 0. The molecule has 0 atom stereocenters. The second kappa shape index (κ2) is 3.44. The van der Waals surface area contributed by atoms with Crippen molar-refractivity contribution < 1.29 is 9.59 Å². The van der Waals surface area contributed by atoms with Gasteiger partial charge in [0.15, 0.2) is 0 Å². The maximum absolute atomic E-state index is 10.9. The van der Waals surface area contributed by atoms with E-state index in [-0.39, 0.29) is 0 Å². The highest BCUT2D eigenvalue weighted by atomic mass is 16.1. The van der Waals surface area contributed by atoms with Crippen molar-refractivity contribution in [1.82, 2.24) is 0 Å². The summed E-state index contributed by atoms with van der Waals surface area (Å²) in [5, 5.41) is 0. The lowest BCUT2D eigenvalue weighted by atomic mass is 9.97. The first-order chi connectivity index (χ1) is 7.22. The summed E-state index contributed by atoms with van der Waals surface area (Å²) in [6, 6.07) is 5.64. The molecule has 0 spiro atoms. The number of nitrogens with zero attached hydrogens (tertiary/aromatic N) is 1. The summed E-state index contributed by atoms with van der Waals surface area (Å²) >= 11 is 0. The number of isocyanates is 1. The van der Waals surface area contributed by atoms with Crippen LogP contribution < -0.4 is 0 Å². The molecule has 1 aliphatic rings. The van der Waals surface area contributed by atoms with Gasteiger partial charge >= 0.3 is 0 Å². The largest absolute Gasteiger partial charge is 0.298 e. The molecule has 0 aliphatic heterocycles. The van der Waals surface area contributed by atoms with E-state index < -0.39 is 5.54 Å². The van der Waals surface area contributed by atoms with Gasteiger partial charge in [0.1, 0.15) is 6.29 Å². The molecule has 0 bridgehead atoms. The van der Waals surface area contributed by atoms with Crippen LogP contribution >= 0.6 is 0 Å². The number of hydrogen-bond acceptors (Lipinski definition) is 3. The van der Waals surface area contributed by atoms with Gasteiger partial charge in [-0.15, -0.1) is 0 Å². The Morgan fingerprint density at radius 1 is 1.47 bits per heavy atom. The van der Waals surface area contributed by atoms with Crippen LogP contribution in [0.25, 0.3) is 0 Å². The van der Waals surface area contributed by atoms with Gasteiger partial charge in [-0.25, -0.2) is 4.79 Å². The van der Waals surface area contributed by atoms with E-state index in [4.69, 9.17) is 0 Å². The van der Waals surface area contributed by atoms with E-state index in [0.29, 0.717) is 5.56 Å². The molecule has 76 valence electrons. The molecular weight excluding hydrogens is 190 g/mol. The molecule has 0 unspecified atom stereocenters. The molecule has 1 aliphatic carbocycles. The number of aldehydes is 1. The van der Waals surface area contributed by atoms with Gasteiger partial charge in [0.05, 0.1) is 5.54 Å². The quantitative estimate of drug-likeness (QED) is 0.427. The van der Waals surface area contributed by atoms with E-state index in [1.165, 1.54) is 0 Å². The van der Waals surface area contributed by atoms with Crippen LogP contribution in [0.4, 0.5) is 0 Å². The lowest BCUT2D eigenvalue weighted by molar-refractivity contribution is 0.112. The number of carbonyl (C=O) groups excluding carboxylic acids is 2. The minimum Gasteiger partial charge on any atom is -0.298 e. The number of rotatable bonds is 3. The maximum atomic E-state index is 10.9. The van der Waals surface area contributed by atoms with Gasteiger partial charge in [0, 0.05) is 5.56 Å². The second-order valence-electron chi connectivity index (χ2n) is 3.94. The average molecular weight is 201 g/mol. The van der Waals surface area contributed by atoms with Crippen LogP contribution in [0.5, 0.6) is 0 Å². The molecule has 0 amide bonds. The van der Waals surface area contributed by atoms with Gasteiger partial charge in [0.2, 0.25) is 6.08 Å². The Morgan fingerprint density at radius 3 is 2.73 bits per heavy atom. The zero-order valence-electron chi connectivity index (χ0n) is 8.49. The molecule has 0 radical (unpaired) electrons. The summed E-state index contributed by atoms with van der Waals surface area (Å²) < 4.78 is 0. The van der Waals surface area contributed by atoms with E-state index >= 15 is 0 Å². The number of aliphatic imine (C=N–C) groups is 1. The summed E-state index contributed by atoms with van der Waals surface area (Å²) in [5.41, 5.74) is 2.07. The molecule has 1 aromatic rings. The van der Waals surface area contributed by atoms with E-state index in [1.54, 1.807) is 6.08 Å². The minimum absolute atomic E-state index is 0.453. The molecule has 0 N–H and O–H groups in total. The monoisotopic (exact) mass is 201 g/mol. The second-order valence-corrected chi connectivity index (χ2v) is 3.94. The molecule has 0 aromatic heterocycles. The molecule has 1 fully saturated rings. The smallest absolute Gasteiger partial charge is 0.235 e. The average Bonchev–Trinajstić information content (AvgIpc) is 2.99. The van der Waals surface area contributed by atoms with Crippen LogP contribution in [-0.2, 0) is 10.3 Å². The van der Waals surface area contributed by atoms with Crippen molar-refractivity contribution in [3.63, 3.8) is 0 Å². The van der Waals surface area contributed by atoms with Crippen molar-refractivity contribution in [3.05, 3.63) is 34.9 Å². The molecule has 15 heavy (non-hydrogen) atoms. The summed E-state index contributed by atoms with van der Waals surface area (Å²) in [5.74, 6) is 0. The Morgan fingerprint density at radius 2 is 2.20 bits per heavy atom. The SMILES string of the molecule is Cc1ccc(C2(N=C=O)CC2)c(C=O)c1. The van der Waals surface area contributed by atoms with Gasteiger partial charge < -0.3 is 0 Å². The molecule has 0 saturated heterocycles. The topological polar surface area (TPSA) is 46.5 Å². The highest BCUT2D eigenvalue weighted by molar-refractivity contribution is 5.79.